The maximum Gasteiger partial charge on any atom is 0.348 e. The fourth-order valence-electron chi connectivity index (χ4n) is 4.97. The van der Waals surface area contributed by atoms with Gasteiger partial charge in [0.2, 0.25) is 5.91 Å². The van der Waals surface area contributed by atoms with Gasteiger partial charge in [-0.15, -0.1) is 0 Å². The van der Waals surface area contributed by atoms with Crippen molar-refractivity contribution in [1.82, 2.24) is 24.6 Å². The van der Waals surface area contributed by atoms with Crippen molar-refractivity contribution >= 4 is 16.8 Å². The smallest absolute Gasteiger partial charge is 0.342 e. The van der Waals surface area contributed by atoms with E-state index in [2.05, 4.69) is 15.2 Å². The molecule has 172 valence electrons. The largest absolute Gasteiger partial charge is 0.348 e. The fourth-order valence-corrected chi connectivity index (χ4v) is 4.97. The van der Waals surface area contributed by atoms with Crippen molar-refractivity contribution in [2.24, 2.45) is 11.8 Å². The van der Waals surface area contributed by atoms with E-state index in [0.29, 0.717) is 24.4 Å². The van der Waals surface area contributed by atoms with Crippen molar-refractivity contribution in [3.63, 3.8) is 0 Å². The Morgan fingerprint density at radius 3 is 2.82 bits per heavy atom. The molecule has 1 amide bonds. The summed E-state index contributed by atoms with van der Waals surface area (Å²) in [4.78, 5) is 31.2. The van der Waals surface area contributed by atoms with Gasteiger partial charge in [0, 0.05) is 37.0 Å². The molecule has 2 aliphatic rings. The van der Waals surface area contributed by atoms with Crippen LogP contribution in [0.1, 0.15) is 25.1 Å². The zero-order chi connectivity index (χ0) is 23.2. The topological polar surface area (TPSA) is 83.9 Å². The van der Waals surface area contributed by atoms with Gasteiger partial charge in [-0.05, 0) is 60.6 Å². The van der Waals surface area contributed by atoms with Crippen molar-refractivity contribution in [1.29, 1.82) is 0 Å². The highest BCUT2D eigenvalue weighted by molar-refractivity contribution is 5.94. The number of carbonyl (C=O) groups excluding carboxylic acids is 1. The Morgan fingerprint density at radius 1 is 1.12 bits per heavy atom. The van der Waals surface area contributed by atoms with E-state index in [1.165, 1.54) is 10.6 Å². The number of hydrogen-bond donors (Lipinski definition) is 1. The van der Waals surface area contributed by atoms with Crippen LogP contribution in [-0.2, 0) is 11.2 Å². The molecule has 8 heteroatoms. The lowest BCUT2D eigenvalue weighted by atomic mass is 10.00. The van der Waals surface area contributed by atoms with Crippen LogP contribution in [0.15, 0.2) is 59.5 Å². The minimum absolute atomic E-state index is 0.166. The number of H-pyrrole nitrogens is 1. The normalized spacial score (nSPS) is 18.0. The number of aromatic amines is 1. The number of likely N-dealkylation sites (tertiary alicyclic amines) is 1. The number of benzene rings is 2. The minimum atomic E-state index is -0.500. The molecule has 0 radical (unpaired) electrons. The molecule has 7 nitrogen and oxygen atoms in total. The molecule has 34 heavy (non-hydrogen) atoms. The van der Waals surface area contributed by atoms with Gasteiger partial charge < -0.3 is 4.90 Å². The number of hydrogen-bond acceptors (Lipinski definition) is 4. The van der Waals surface area contributed by atoms with Gasteiger partial charge in [-0.2, -0.15) is 5.10 Å². The summed E-state index contributed by atoms with van der Waals surface area (Å²) in [6, 6.07) is 14.5. The number of pyridine rings is 1. The van der Waals surface area contributed by atoms with E-state index in [9.17, 15) is 9.59 Å². The maximum atomic E-state index is 15.4. The van der Waals surface area contributed by atoms with Crippen molar-refractivity contribution in [3.8, 4) is 16.8 Å². The lowest BCUT2D eigenvalue weighted by Crippen LogP contribution is -2.30. The Bertz CT molecular complexity index is 1450. The molecule has 0 spiro atoms. The zero-order valence-corrected chi connectivity index (χ0v) is 18.6. The first-order valence-electron chi connectivity index (χ1n) is 11.7. The molecule has 2 fully saturated rings. The fraction of sp³-hybridized carbons (Fsp3) is 0.308. The van der Waals surface area contributed by atoms with Gasteiger partial charge in [0.1, 0.15) is 11.6 Å². The van der Waals surface area contributed by atoms with Crippen LogP contribution in [0.2, 0.25) is 0 Å². The Labute approximate surface area is 195 Å². The van der Waals surface area contributed by atoms with Gasteiger partial charge in [0.05, 0.1) is 11.2 Å². The van der Waals surface area contributed by atoms with E-state index >= 15 is 4.39 Å². The maximum absolute atomic E-state index is 15.4. The second-order valence-corrected chi connectivity index (χ2v) is 9.24. The summed E-state index contributed by atoms with van der Waals surface area (Å²) in [5.41, 5.74) is 2.12. The summed E-state index contributed by atoms with van der Waals surface area (Å²) in [5, 5.41) is 7.59. The second-order valence-electron chi connectivity index (χ2n) is 9.24. The average molecular weight is 458 g/mol. The lowest BCUT2D eigenvalue weighted by molar-refractivity contribution is -0.131. The molecule has 2 aromatic carbocycles. The molecule has 4 aromatic rings. The molecule has 3 heterocycles. The molecule has 1 saturated carbocycles. The predicted octanol–water partition coefficient (Wildman–Crippen LogP) is 3.72. The van der Waals surface area contributed by atoms with Crippen LogP contribution in [-0.4, -0.2) is 43.6 Å². The van der Waals surface area contributed by atoms with E-state index in [0.717, 1.165) is 42.3 Å². The Hall–Kier alpha value is -3.81. The Morgan fingerprint density at radius 2 is 2.00 bits per heavy atom. The molecule has 1 aliphatic heterocycles. The van der Waals surface area contributed by atoms with Crippen LogP contribution < -0.4 is 5.69 Å². The summed E-state index contributed by atoms with van der Waals surface area (Å²) < 4.78 is 16.7. The van der Waals surface area contributed by atoms with E-state index in [1.807, 2.05) is 41.3 Å². The van der Waals surface area contributed by atoms with E-state index < -0.39 is 11.5 Å². The molecular formula is C26H24FN5O2. The first-order chi connectivity index (χ1) is 16.6. The number of fused-ring (bicyclic) bond motifs is 1. The van der Waals surface area contributed by atoms with Crippen molar-refractivity contribution < 1.29 is 9.18 Å². The molecular weight excluding hydrogens is 433 g/mol. The van der Waals surface area contributed by atoms with Crippen molar-refractivity contribution in [2.45, 2.75) is 25.7 Å². The number of carbonyl (C=O) groups is 1. The lowest BCUT2D eigenvalue weighted by Gasteiger charge is -2.16. The molecule has 1 atom stereocenters. The molecule has 0 bridgehead atoms. The Kier molecular flexibility index (Phi) is 5.01. The van der Waals surface area contributed by atoms with Crippen LogP contribution in [0.4, 0.5) is 4.39 Å². The zero-order valence-electron chi connectivity index (χ0n) is 18.6. The van der Waals surface area contributed by atoms with Crippen LogP contribution in [0.25, 0.3) is 27.7 Å². The third-order valence-electron chi connectivity index (χ3n) is 6.88. The standard InChI is InChI=1S/C26H24FN5O2/c27-21-14-18(19-3-1-5-22-20(19)4-2-11-28-22)8-9-23(21)32-24(29-30-26(32)34)13-16-10-12-31(15-16)25(33)17-6-7-17/h1-5,8-9,11,14,16-17H,6-7,10,12-13,15H2,(H,30,34)/t16-/m0/s1. The summed E-state index contributed by atoms with van der Waals surface area (Å²) >= 11 is 0. The molecule has 1 saturated heterocycles. The number of halogens is 1. The highest BCUT2D eigenvalue weighted by Crippen LogP contribution is 2.34. The highest BCUT2D eigenvalue weighted by atomic mass is 19.1. The van der Waals surface area contributed by atoms with Crippen LogP contribution in [0.3, 0.4) is 0 Å². The van der Waals surface area contributed by atoms with Crippen molar-refractivity contribution in [3.05, 3.63) is 76.9 Å². The molecule has 0 unspecified atom stereocenters. The van der Waals surface area contributed by atoms with Crippen molar-refractivity contribution in [2.75, 3.05) is 13.1 Å². The number of rotatable bonds is 5. The van der Waals surface area contributed by atoms with E-state index in [-0.39, 0.29) is 23.4 Å². The van der Waals surface area contributed by atoms with Gasteiger partial charge >= 0.3 is 5.69 Å². The summed E-state index contributed by atoms with van der Waals surface area (Å²) in [6.45, 7) is 1.39. The van der Waals surface area contributed by atoms with E-state index in [1.54, 1.807) is 12.3 Å². The van der Waals surface area contributed by atoms with Gasteiger partial charge in [-0.1, -0.05) is 24.3 Å². The molecule has 1 aliphatic carbocycles. The summed E-state index contributed by atoms with van der Waals surface area (Å²) in [6.07, 6.45) is 5.07. The van der Waals surface area contributed by atoms with Gasteiger partial charge in [0.15, 0.2) is 0 Å². The van der Waals surface area contributed by atoms with E-state index in [4.69, 9.17) is 0 Å². The number of nitrogens with zero attached hydrogens (tertiary/aromatic N) is 4. The highest BCUT2D eigenvalue weighted by Gasteiger charge is 2.37. The summed E-state index contributed by atoms with van der Waals surface area (Å²) in [5.74, 6) is 0.624. The number of aromatic nitrogens is 4. The van der Waals surface area contributed by atoms with Crippen LogP contribution in [0, 0.1) is 17.7 Å². The summed E-state index contributed by atoms with van der Waals surface area (Å²) in [7, 11) is 0. The number of amides is 1. The van der Waals surface area contributed by atoms with Gasteiger partial charge in [-0.25, -0.2) is 18.9 Å². The third kappa shape index (κ3) is 3.69. The first-order valence-corrected chi connectivity index (χ1v) is 11.7. The third-order valence-corrected chi connectivity index (χ3v) is 6.88. The number of nitrogens with one attached hydrogen (secondary N) is 1. The van der Waals surface area contributed by atoms with Crippen LogP contribution in [0.5, 0.6) is 0 Å². The molecule has 6 rings (SSSR count). The van der Waals surface area contributed by atoms with Gasteiger partial charge in [0.25, 0.3) is 0 Å². The van der Waals surface area contributed by atoms with Crippen LogP contribution >= 0.6 is 0 Å². The quantitative estimate of drug-likeness (QED) is 0.495. The monoisotopic (exact) mass is 457 g/mol. The molecule has 2 aromatic heterocycles. The average Bonchev–Trinajstić information content (AvgIpc) is 3.50. The second kappa shape index (κ2) is 8.20. The predicted molar refractivity (Wildman–Crippen MR) is 126 cm³/mol. The Balaban J connectivity index is 1.29. The van der Waals surface area contributed by atoms with Gasteiger partial charge in [-0.3, -0.25) is 9.78 Å². The first kappa shape index (κ1) is 20.8. The molecule has 1 N–H and O–H groups in total. The minimum Gasteiger partial charge on any atom is -0.342 e. The SMILES string of the molecule is O=C(C1CC1)N1CC[C@@H](Cc2n[nH]c(=O)n2-c2ccc(-c3cccc4ncccc34)cc2F)C1.